The number of halogens is 2. The molecule has 2 aromatic rings. The molecule has 0 aliphatic rings. The van der Waals surface area contributed by atoms with E-state index in [1.807, 2.05) is 0 Å². The lowest BCUT2D eigenvalue weighted by molar-refractivity contribution is -0.385. The molecule has 0 atom stereocenters. The van der Waals surface area contributed by atoms with Crippen molar-refractivity contribution in [2.75, 3.05) is 5.73 Å². The predicted octanol–water partition coefficient (Wildman–Crippen LogP) is 3.18. The van der Waals surface area contributed by atoms with Gasteiger partial charge in [0.15, 0.2) is 0 Å². The quantitative estimate of drug-likeness (QED) is 0.520. The summed E-state index contributed by atoms with van der Waals surface area (Å²) in [5.74, 6) is 0.0262. The number of nitrogens with zero attached hydrogens (tertiary/aromatic N) is 3. The smallest absolute Gasteiger partial charge is 0.325 e. The van der Waals surface area contributed by atoms with E-state index in [4.69, 9.17) is 22.1 Å². The second-order valence-corrected chi connectivity index (χ2v) is 4.57. The van der Waals surface area contributed by atoms with Gasteiger partial charge in [0.2, 0.25) is 5.75 Å². The average molecular weight is 346 g/mol. The molecule has 0 radical (unpaired) electrons. The molecule has 2 N–H and O–H groups in total. The zero-order chi connectivity index (χ0) is 14.0. The third kappa shape index (κ3) is 3.09. The number of hydrogen-bond acceptors (Lipinski definition) is 6. The Morgan fingerprint density at radius 3 is 2.79 bits per heavy atom. The molecule has 0 saturated heterocycles. The fourth-order valence-electron chi connectivity index (χ4n) is 1.29. The molecule has 0 saturated carbocycles. The fourth-order valence-corrected chi connectivity index (χ4v) is 1.89. The van der Waals surface area contributed by atoms with Gasteiger partial charge >= 0.3 is 11.7 Å². The molecular weight excluding hydrogens is 339 g/mol. The summed E-state index contributed by atoms with van der Waals surface area (Å²) in [6.45, 7) is 0. The van der Waals surface area contributed by atoms with E-state index in [-0.39, 0.29) is 28.3 Å². The first kappa shape index (κ1) is 13.5. The minimum atomic E-state index is -0.609. The largest absolute Gasteiger partial charge is 0.415 e. The highest BCUT2D eigenvalue weighted by Gasteiger charge is 2.20. The number of nitrogen functional groups attached to an aromatic ring is 1. The second kappa shape index (κ2) is 5.37. The summed E-state index contributed by atoms with van der Waals surface area (Å²) in [5.41, 5.74) is 5.24. The summed E-state index contributed by atoms with van der Waals surface area (Å²) < 4.78 is 5.65. The van der Waals surface area contributed by atoms with Gasteiger partial charge in [-0.2, -0.15) is 9.97 Å². The predicted molar refractivity (Wildman–Crippen MR) is 72.3 cm³/mol. The van der Waals surface area contributed by atoms with E-state index in [1.165, 1.54) is 24.3 Å². The topological polar surface area (TPSA) is 104 Å². The van der Waals surface area contributed by atoms with Crippen LogP contribution in [0.4, 0.5) is 11.5 Å². The maximum Gasteiger partial charge on any atom is 0.325 e. The summed E-state index contributed by atoms with van der Waals surface area (Å²) in [7, 11) is 0. The number of rotatable bonds is 3. The van der Waals surface area contributed by atoms with Crippen LogP contribution in [0.15, 0.2) is 28.9 Å². The minimum absolute atomic E-state index is 0.0800. The number of para-hydroxylation sites is 1. The summed E-state index contributed by atoms with van der Waals surface area (Å²) in [4.78, 5) is 18.0. The van der Waals surface area contributed by atoms with Crippen molar-refractivity contribution in [2.24, 2.45) is 0 Å². The van der Waals surface area contributed by atoms with Crippen LogP contribution in [0.1, 0.15) is 0 Å². The van der Waals surface area contributed by atoms with Crippen LogP contribution in [-0.2, 0) is 0 Å². The number of hydrogen-bond donors (Lipinski definition) is 1. The Hall–Kier alpha value is -1.93. The van der Waals surface area contributed by atoms with E-state index < -0.39 is 4.92 Å². The van der Waals surface area contributed by atoms with Gasteiger partial charge in [0, 0.05) is 12.1 Å². The number of benzene rings is 1. The molecular formula is C10H6BrClN4O3. The molecule has 9 heteroatoms. The molecule has 1 heterocycles. The number of ether oxygens (including phenoxy) is 1. The molecule has 1 aromatic carbocycles. The molecule has 0 aliphatic heterocycles. The number of nitro benzene ring substituents is 1. The molecule has 2 rings (SSSR count). The van der Waals surface area contributed by atoms with E-state index in [0.29, 0.717) is 4.60 Å². The van der Waals surface area contributed by atoms with Gasteiger partial charge in [-0.1, -0.05) is 17.7 Å². The third-order valence-corrected chi connectivity index (χ3v) is 2.73. The molecule has 0 spiro atoms. The molecule has 0 aliphatic carbocycles. The summed E-state index contributed by atoms with van der Waals surface area (Å²) in [5, 5.41) is 11.0. The van der Waals surface area contributed by atoms with Crippen molar-refractivity contribution in [1.29, 1.82) is 0 Å². The van der Waals surface area contributed by atoms with Gasteiger partial charge in [0.1, 0.15) is 10.4 Å². The van der Waals surface area contributed by atoms with E-state index in [0.717, 1.165) is 0 Å². The minimum Gasteiger partial charge on any atom is -0.415 e. The maximum atomic E-state index is 10.9. The lowest BCUT2D eigenvalue weighted by Crippen LogP contribution is -1.99. The number of anilines is 1. The molecule has 19 heavy (non-hydrogen) atoms. The monoisotopic (exact) mass is 344 g/mol. The summed E-state index contributed by atoms with van der Waals surface area (Å²) >= 11 is 8.99. The van der Waals surface area contributed by atoms with Crippen LogP contribution in [-0.4, -0.2) is 14.9 Å². The van der Waals surface area contributed by atoms with Crippen molar-refractivity contribution in [1.82, 2.24) is 9.97 Å². The third-order valence-electron chi connectivity index (χ3n) is 2.03. The number of nitro groups is 1. The molecule has 0 unspecified atom stereocenters. The summed E-state index contributed by atoms with van der Waals surface area (Å²) in [6, 6.07) is 5.51. The SMILES string of the molecule is Nc1cc(Br)nc(Oc2c(Cl)cccc2[N+](=O)[O-])n1. The van der Waals surface area contributed by atoms with Crippen LogP contribution in [0.5, 0.6) is 11.8 Å². The fraction of sp³-hybridized carbons (Fsp3) is 0. The molecule has 0 bridgehead atoms. The first-order chi connectivity index (χ1) is 8.97. The van der Waals surface area contributed by atoms with E-state index in [1.54, 1.807) is 0 Å². The lowest BCUT2D eigenvalue weighted by atomic mass is 10.3. The Balaban J connectivity index is 2.45. The molecule has 0 fully saturated rings. The summed E-state index contributed by atoms with van der Waals surface area (Å²) in [6.07, 6.45) is 0. The van der Waals surface area contributed by atoms with E-state index in [9.17, 15) is 10.1 Å². The van der Waals surface area contributed by atoms with Crippen molar-refractivity contribution in [2.45, 2.75) is 0 Å². The Kier molecular flexibility index (Phi) is 3.82. The Morgan fingerprint density at radius 1 is 1.42 bits per heavy atom. The Labute approximate surface area is 120 Å². The van der Waals surface area contributed by atoms with Gasteiger partial charge in [-0.3, -0.25) is 10.1 Å². The van der Waals surface area contributed by atoms with Crippen molar-refractivity contribution in [3.05, 3.63) is 44.0 Å². The average Bonchev–Trinajstić information content (AvgIpc) is 2.30. The zero-order valence-corrected chi connectivity index (χ0v) is 11.6. The van der Waals surface area contributed by atoms with Gasteiger partial charge in [-0.15, -0.1) is 0 Å². The van der Waals surface area contributed by atoms with Crippen molar-refractivity contribution < 1.29 is 9.66 Å². The van der Waals surface area contributed by atoms with Crippen LogP contribution < -0.4 is 10.5 Å². The number of nitrogens with two attached hydrogens (primary N) is 1. The van der Waals surface area contributed by atoms with Crippen LogP contribution in [0.2, 0.25) is 5.02 Å². The van der Waals surface area contributed by atoms with Crippen molar-refractivity contribution >= 4 is 39.0 Å². The Morgan fingerprint density at radius 2 is 2.16 bits per heavy atom. The van der Waals surface area contributed by atoms with Gasteiger partial charge in [0.05, 0.1) is 9.95 Å². The molecule has 98 valence electrons. The second-order valence-electron chi connectivity index (χ2n) is 3.35. The Bertz CT molecular complexity index is 632. The molecule has 7 nitrogen and oxygen atoms in total. The first-order valence-electron chi connectivity index (χ1n) is 4.88. The van der Waals surface area contributed by atoms with Crippen LogP contribution >= 0.6 is 27.5 Å². The van der Waals surface area contributed by atoms with Crippen molar-refractivity contribution in [3.8, 4) is 11.8 Å². The number of aromatic nitrogens is 2. The maximum absolute atomic E-state index is 10.9. The lowest BCUT2D eigenvalue weighted by Gasteiger charge is -2.06. The normalized spacial score (nSPS) is 10.2. The van der Waals surface area contributed by atoms with Crippen LogP contribution in [0.3, 0.4) is 0 Å². The zero-order valence-electron chi connectivity index (χ0n) is 9.21. The van der Waals surface area contributed by atoms with Gasteiger partial charge in [-0.05, 0) is 22.0 Å². The van der Waals surface area contributed by atoms with Crippen molar-refractivity contribution in [3.63, 3.8) is 0 Å². The highest BCUT2D eigenvalue weighted by Crippen LogP contribution is 2.37. The van der Waals surface area contributed by atoms with E-state index in [2.05, 4.69) is 25.9 Å². The van der Waals surface area contributed by atoms with Gasteiger partial charge in [0.25, 0.3) is 0 Å². The molecule has 1 aromatic heterocycles. The van der Waals surface area contributed by atoms with E-state index >= 15 is 0 Å². The van der Waals surface area contributed by atoms with Gasteiger partial charge in [-0.25, -0.2) is 0 Å². The highest BCUT2D eigenvalue weighted by molar-refractivity contribution is 9.10. The van der Waals surface area contributed by atoms with Crippen LogP contribution in [0, 0.1) is 10.1 Å². The first-order valence-corrected chi connectivity index (χ1v) is 6.05. The standard InChI is InChI=1S/C10H6BrClN4O3/c11-7-4-8(13)15-10(14-7)19-9-5(12)2-1-3-6(9)16(17)18/h1-4H,(H2,13,14,15). The van der Waals surface area contributed by atoms with Gasteiger partial charge < -0.3 is 10.5 Å². The highest BCUT2D eigenvalue weighted by atomic mass is 79.9. The van der Waals surface area contributed by atoms with Crippen LogP contribution in [0.25, 0.3) is 0 Å². The molecule has 0 amide bonds.